The fraction of sp³-hybridized carbons (Fsp3) is 0.538. The molecule has 0 saturated carbocycles. The minimum atomic E-state index is -0.266. The van der Waals surface area contributed by atoms with Crippen molar-refractivity contribution >= 4 is 11.7 Å². The van der Waals surface area contributed by atoms with Crippen molar-refractivity contribution in [2.75, 3.05) is 25.0 Å². The van der Waals surface area contributed by atoms with E-state index in [2.05, 4.69) is 30.8 Å². The van der Waals surface area contributed by atoms with Gasteiger partial charge >= 0.3 is 6.03 Å². The number of urea groups is 1. The van der Waals surface area contributed by atoms with Crippen molar-refractivity contribution in [3.05, 3.63) is 25.0 Å². The highest BCUT2D eigenvalue weighted by atomic mass is 16.3. The van der Waals surface area contributed by atoms with Crippen molar-refractivity contribution in [1.29, 1.82) is 0 Å². The molecular weight excluding hydrogens is 244 g/mol. The Morgan fingerprint density at radius 1 is 1.68 bits per heavy atom. The number of hydrogen-bond donors (Lipinski definition) is 2. The van der Waals surface area contributed by atoms with Crippen LogP contribution < -0.4 is 5.32 Å². The fourth-order valence-corrected chi connectivity index (χ4v) is 1.66. The number of anilines is 1. The van der Waals surface area contributed by atoms with Gasteiger partial charge in [-0.3, -0.25) is 4.68 Å². The Balaban J connectivity index is 2.59. The zero-order chi connectivity index (χ0) is 14.3. The summed E-state index contributed by atoms with van der Waals surface area (Å²) in [7, 11) is 0. The summed E-state index contributed by atoms with van der Waals surface area (Å²) in [6.07, 6.45) is 5.03. The first-order chi connectivity index (χ1) is 9.06. The molecule has 2 N–H and O–H groups in total. The van der Waals surface area contributed by atoms with Crippen LogP contribution in [0.15, 0.2) is 25.0 Å². The Bertz CT molecular complexity index is 415. The lowest BCUT2D eigenvalue weighted by Crippen LogP contribution is -2.37. The maximum absolute atomic E-state index is 11.9. The van der Waals surface area contributed by atoms with Gasteiger partial charge in [0.25, 0.3) is 0 Å². The summed E-state index contributed by atoms with van der Waals surface area (Å²) in [5.41, 5.74) is 0.651. The highest BCUT2D eigenvalue weighted by Crippen LogP contribution is 2.08. The third-order valence-electron chi connectivity index (χ3n) is 2.44. The molecule has 19 heavy (non-hydrogen) atoms. The Morgan fingerprint density at radius 2 is 2.42 bits per heavy atom. The Kier molecular flexibility index (Phi) is 6.08. The average Bonchev–Trinajstić information content (AvgIpc) is 2.75. The van der Waals surface area contributed by atoms with Gasteiger partial charge in [0.1, 0.15) is 0 Å². The molecule has 2 amide bonds. The molecule has 0 bridgehead atoms. The zero-order valence-corrected chi connectivity index (χ0v) is 11.5. The van der Waals surface area contributed by atoms with E-state index >= 15 is 0 Å². The summed E-state index contributed by atoms with van der Waals surface area (Å²) in [5.74, 6) is 0.495. The smallest absolute Gasteiger partial charge is 0.322 e. The zero-order valence-electron chi connectivity index (χ0n) is 11.5. The van der Waals surface area contributed by atoms with E-state index < -0.39 is 0 Å². The Hall–Kier alpha value is -1.82. The molecular formula is C13H22N4O2. The summed E-state index contributed by atoms with van der Waals surface area (Å²) in [6, 6.07) is -0.266. The molecule has 0 unspecified atom stereocenters. The highest BCUT2D eigenvalue weighted by Gasteiger charge is 2.12. The van der Waals surface area contributed by atoms with E-state index in [4.69, 9.17) is 5.11 Å². The van der Waals surface area contributed by atoms with Gasteiger partial charge in [-0.05, 0) is 5.92 Å². The second kappa shape index (κ2) is 7.58. The number of carbonyl (C=O) groups excluding carboxylic acids is 1. The largest absolute Gasteiger partial charge is 0.395 e. The first-order valence-corrected chi connectivity index (χ1v) is 6.37. The number of nitrogens with zero attached hydrogens (tertiary/aromatic N) is 3. The minimum Gasteiger partial charge on any atom is -0.395 e. The minimum absolute atomic E-state index is 0.0755. The van der Waals surface area contributed by atoms with Crippen LogP contribution in [0.25, 0.3) is 0 Å². The lowest BCUT2D eigenvalue weighted by atomic mass is 10.2. The molecule has 0 aliphatic carbocycles. The van der Waals surface area contributed by atoms with Crippen molar-refractivity contribution in [3.63, 3.8) is 0 Å². The highest BCUT2D eigenvalue weighted by molar-refractivity contribution is 5.89. The topological polar surface area (TPSA) is 70.4 Å². The Morgan fingerprint density at radius 3 is 3.00 bits per heavy atom. The molecule has 1 aromatic rings. The van der Waals surface area contributed by atoms with Gasteiger partial charge in [0.2, 0.25) is 0 Å². The SMILES string of the molecule is C=CCN(CCO)C(=O)Nc1cnn(CC(C)C)c1. The second-order valence-corrected chi connectivity index (χ2v) is 4.73. The number of nitrogens with one attached hydrogen (secondary N) is 1. The molecule has 1 aromatic heterocycles. The number of aromatic nitrogens is 2. The normalized spacial score (nSPS) is 10.5. The molecule has 1 rings (SSSR count). The number of carbonyl (C=O) groups is 1. The lowest BCUT2D eigenvalue weighted by molar-refractivity contribution is 0.195. The second-order valence-electron chi connectivity index (χ2n) is 4.73. The van der Waals surface area contributed by atoms with E-state index in [-0.39, 0.29) is 19.2 Å². The van der Waals surface area contributed by atoms with Crippen molar-refractivity contribution in [1.82, 2.24) is 14.7 Å². The molecule has 0 atom stereocenters. The van der Waals surface area contributed by atoms with Crippen molar-refractivity contribution in [2.45, 2.75) is 20.4 Å². The van der Waals surface area contributed by atoms with Crippen LogP contribution in [0, 0.1) is 5.92 Å². The van der Waals surface area contributed by atoms with Gasteiger partial charge in [0.15, 0.2) is 0 Å². The predicted octanol–water partition coefficient (Wildman–Crippen LogP) is 1.55. The molecule has 0 saturated heterocycles. The molecule has 0 radical (unpaired) electrons. The van der Waals surface area contributed by atoms with Gasteiger partial charge in [-0.15, -0.1) is 6.58 Å². The van der Waals surface area contributed by atoms with Crippen LogP contribution in [-0.2, 0) is 6.54 Å². The summed E-state index contributed by atoms with van der Waals surface area (Å²) in [6.45, 7) is 9.20. The van der Waals surface area contributed by atoms with Crippen LogP contribution >= 0.6 is 0 Å². The van der Waals surface area contributed by atoms with E-state index in [9.17, 15) is 4.79 Å². The average molecular weight is 266 g/mol. The molecule has 0 spiro atoms. The van der Waals surface area contributed by atoms with E-state index in [1.165, 1.54) is 4.90 Å². The quantitative estimate of drug-likeness (QED) is 0.736. The van der Waals surface area contributed by atoms with Crippen LogP contribution in [0.1, 0.15) is 13.8 Å². The Labute approximate surface area is 113 Å². The summed E-state index contributed by atoms with van der Waals surface area (Å²) in [5, 5.41) is 15.8. The van der Waals surface area contributed by atoms with E-state index in [1.807, 2.05) is 0 Å². The monoisotopic (exact) mass is 266 g/mol. The number of hydrogen-bond acceptors (Lipinski definition) is 3. The van der Waals surface area contributed by atoms with Crippen molar-refractivity contribution in [3.8, 4) is 0 Å². The molecule has 0 aliphatic rings. The first-order valence-electron chi connectivity index (χ1n) is 6.37. The third kappa shape index (κ3) is 5.13. The maximum atomic E-state index is 11.9. The van der Waals surface area contributed by atoms with Gasteiger partial charge in [0.05, 0.1) is 18.5 Å². The lowest BCUT2D eigenvalue weighted by Gasteiger charge is -2.19. The molecule has 0 aromatic carbocycles. The summed E-state index contributed by atoms with van der Waals surface area (Å²) in [4.78, 5) is 13.4. The van der Waals surface area contributed by atoms with Gasteiger partial charge in [0, 0.05) is 25.8 Å². The fourth-order valence-electron chi connectivity index (χ4n) is 1.66. The van der Waals surface area contributed by atoms with Crippen LogP contribution in [0.4, 0.5) is 10.5 Å². The van der Waals surface area contributed by atoms with Gasteiger partial charge < -0.3 is 15.3 Å². The van der Waals surface area contributed by atoms with E-state index in [0.29, 0.717) is 18.2 Å². The third-order valence-corrected chi connectivity index (χ3v) is 2.44. The number of aliphatic hydroxyl groups is 1. The van der Waals surface area contributed by atoms with Crippen LogP contribution in [0.2, 0.25) is 0 Å². The van der Waals surface area contributed by atoms with Gasteiger partial charge in [-0.1, -0.05) is 19.9 Å². The van der Waals surface area contributed by atoms with Gasteiger partial charge in [-0.25, -0.2) is 4.79 Å². The summed E-state index contributed by atoms with van der Waals surface area (Å²) < 4.78 is 1.80. The molecule has 0 aliphatic heterocycles. The summed E-state index contributed by atoms with van der Waals surface area (Å²) >= 11 is 0. The van der Waals surface area contributed by atoms with E-state index in [1.54, 1.807) is 23.2 Å². The van der Waals surface area contributed by atoms with Crippen molar-refractivity contribution in [2.24, 2.45) is 5.92 Å². The van der Waals surface area contributed by atoms with Crippen LogP contribution in [-0.4, -0.2) is 45.5 Å². The van der Waals surface area contributed by atoms with E-state index in [0.717, 1.165) is 6.54 Å². The number of amides is 2. The molecule has 6 heteroatoms. The molecule has 6 nitrogen and oxygen atoms in total. The van der Waals surface area contributed by atoms with Crippen LogP contribution in [0.5, 0.6) is 0 Å². The molecule has 0 fully saturated rings. The maximum Gasteiger partial charge on any atom is 0.322 e. The van der Waals surface area contributed by atoms with Crippen molar-refractivity contribution < 1.29 is 9.90 Å². The molecule has 1 heterocycles. The number of rotatable bonds is 7. The predicted molar refractivity (Wildman–Crippen MR) is 74.9 cm³/mol. The standard InChI is InChI=1S/C13H22N4O2/c1-4-5-16(6-7-18)13(19)15-12-8-14-17(10-12)9-11(2)3/h4,8,10-11,18H,1,5-7,9H2,2-3H3,(H,15,19). The molecule has 106 valence electrons. The van der Waals surface area contributed by atoms with Crippen LogP contribution in [0.3, 0.4) is 0 Å². The van der Waals surface area contributed by atoms with Gasteiger partial charge in [-0.2, -0.15) is 5.10 Å². The first kappa shape index (κ1) is 15.2. The number of aliphatic hydroxyl groups excluding tert-OH is 1.